The van der Waals surface area contributed by atoms with Crippen LogP contribution in [0.15, 0.2) is 42.5 Å². The summed E-state index contributed by atoms with van der Waals surface area (Å²) >= 11 is 0. The molecule has 88 valence electrons. The smallest absolute Gasteiger partial charge is 0.310 e. The van der Waals surface area contributed by atoms with Crippen molar-refractivity contribution in [1.82, 2.24) is 0 Å². The maximum atomic E-state index is 12.0. The molecule has 1 aliphatic heterocycles. The number of carbonyl (C=O) groups is 1. The number of cyclic esters (lactones) is 1. The molecule has 2 aliphatic rings. The summed E-state index contributed by atoms with van der Waals surface area (Å²) in [5.74, 6) is 0.671. The summed E-state index contributed by atoms with van der Waals surface area (Å²) in [6.45, 7) is 0.575. The number of ether oxygens (including phenoxy) is 1. The number of fused-ring (bicyclic) bond motifs is 1. The predicted octanol–water partition coefficient (Wildman–Crippen LogP) is 2.91. The van der Waals surface area contributed by atoms with Gasteiger partial charge in [0.2, 0.25) is 0 Å². The molecule has 1 heterocycles. The molecule has 1 aromatic rings. The van der Waals surface area contributed by atoms with Gasteiger partial charge in [-0.3, -0.25) is 4.79 Å². The molecule has 0 N–H and O–H groups in total. The molecule has 2 nitrogen and oxygen atoms in total. The van der Waals surface area contributed by atoms with E-state index in [0.29, 0.717) is 18.4 Å². The van der Waals surface area contributed by atoms with Crippen LogP contribution in [0.2, 0.25) is 0 Å². The summed E-state index contributed by atoms with van der Waals surface area (Å²) in [5.41, 5.74) is 1.26. The molecule has 0 spiro atoms. The molecular formula is C15H16O2. The zero-order valence-corrected chi connectivity index (χ0v) is 9.71. The Morgan fingerprint density at radius 1 is 1.18 bits per heavy atom. The third kappa shape index (κ3) is 1.88. The molecule has 0 saturated carbocycles. The van der Waals surface area contributed by atoms with Crippen LogP contribution < -0.4 is 0 Å². The number of esters is 1. The standard InChI is InChI=1S/C15H16O2/c16-15-14-12(9-10-17-15)7-4-8-13(14)11-5-2-1-3-6-11/h1-7,12-14H,8-10H2/t12-,13-,14+/m0/s1. The Morgan fingerprint density at radius 2 is 2.00 bits per heavy atom. The molecule has 1 saturated heterocycles. The van der Waals surface area contributed by atoms with Crippen LogP contribution in [-0.2, 0) is 9.53 Å². The molecule has 3 atom stereocenters. The minimum atomic E-state index is -0.0144. The molecule has 1 fully saturated rings. The average Bonchev–Trinajstić information content (AvgIpc) is 2.39. The minimum Gasteiger partial charge on any atom is -0.465 e. The van der Waals surface area contributed by atoms with E-state index in [9.17, 15) is 4.79 Å². The van der Waals surface area contributed by atoms with Crippen molar-refractivity contribution in [3.8, 4) is 0 Å². The second-order valence-corrected chi connectivity index (χ2v) is 4.83. The summed E-state index contributed by atoms with van der Waals surface area (Å²) in [5, 5.41) is 0. The first-order valence-corrected chi connectivity index (χ1v) is 6.24. The SMILES string of the molecule is O=C1OCC[C@@H]2C=CC[C@@H](c3ccccc3)[C@H]12. The number of hydrogen-bond donors (Lipinski definition) is 0. The van der Waals surface area contributed by atoms with Gasteiger partial charge >= 0.3 is 5.97 Å². The molecule has 1 aliphatic carbocycles. The summed E-state index contributed by atoms with van der Waals surface area (Å²) in [6.07, 6.45) is 6.33. The number of rotatable bonds is 1. The zero-order chi connectivity index (χ0) is 11.7. The Bertz CT molecular complexity index is 435. The molecule has 1 aromatic carbocycles. The number of allylic oxidation sites excluding steroid dienone is 2. The summed E-state index contributed by atoms with van der Waals surface area (Å²) in [7, 11) is 0. The summed E-state index contributed by atoms with van der Waals surface area (Å²) < 4.78 is 5.23. The van der Waals surface area contributed by atoms with Crippen molar-refractivity contribution in [2.24, 2.45) is 11.8 Å². The second-order valence-electron chi connectivity index (χ2n) is 4.83. The minimum absolute atomic E-state index is 0.0144. The maximum absolute atomic E-state index is 12.0. The Hall–Kier alpha value is -1.57. The lowest BCUT2D eigenvalue weighted by Gasteiger charge is -2.36. The first kappa shape index (κ1) is 10.6. The molecule has 3 rings (SSSR count). The summed E-state index contributed by atoms with van der Waals surface area (Å²) in [4.78, 5) is 12.0. The highest BCUT2D eigenvalue weighted by molar-refractivity contribution is 5.75. The lowest BCUT2D eigenvalue weighted by Crippen LogP contribution is -2.37. The normalized spacial score (nSPS) is 31.8. The van der Waals surface area contributed by atoms with Gasteiger partial charge < -0.3 is 4.74 Å². The highest BCUT2D eigenvalue weighted by Gasteiger charge is 2.40. The van der Waals surface area contributed by atoms with Crippen molar-refractivity contribution in [3.05, 3.63) is 48.0 Å². The van der Waals surface area contributed by atoms with E-state index < -0.39 is 0 Å². The lowest BCUT2D eigenvalue weighted by molar-refractivity contribution is -0.156. The number of benzene rings is 1. The molecule has 0 radical (unpaired) electrons. The van der Waals surface area contributed by atoms with E-state index in [4.69, 9.17) is 4.74 Å². The van der Waals surface area contributed by atoms with E-state index in [1.807, 2.05) is 18.2 Å². The van der Waals surface area contributed by atoms with Gasteiger partial charge in [-0.25, -0.2) is 0 Å². The molecule has 0 amide bonds. The molecule has 0 bridgehead atoms. The Balaban J connectivity index is 1.94. The van der Waals surface area contributed by atoms with Gasteiger partial charge in [0.1, 0.15) is 0 Å². The molecule has 2 heteroatoms. The van der Waals surface area contributed by atoms with E-state index in [1.54, 1.807) is 0 Å². The second kappa shape index (κ2) is 4.36. The fourth-order valence-corrected chi connectivity index (χ4v) is 3.01. The first-order chi connectivity index (χ1) is 8.36. The van der Waals surface area contributed by atoms with Crippen molar-refractivity contribution >= 4 is 5.97 Å². The topological polar surface area (TPSA) is 26.3 Å². The van der Waals surface area contributed by atoms with Crippen molar-refractivity contribution in [1.29, 1.82) is 0 Å². The maximum Gasteiger partial charge on any atom is 0.310 e. The highest BCUT2D eigenvalue weighted by Crippen LogP contribution is 2.41. The van der Waals surface area contributed by atoms with Crippen LogP contribution in [-0.4, -0.2) is 12.6 Å². The molecule has 0 unspecified atom stereocenters. The van der Waals surface area contributed by atoms with E-state index in [1.165, 1.54) is 5.56 Å². The fraction of sp³-hybridized carbons (Fsp3) is 0.400. The molecule has 17 heavy (non-hydrogen) atoms. The van der Waals surface area contributed by atoms with Gasteiger partial charge in [-0.1, -0.05) is 42.5 Å². The van der Waals surface area contributed by atoms with Crippen molar-refractivity contribution in [3.63, 3.8) is 0 Å². The number of hydrogen-bond acceptors (Lipinski definition) is 2. The highest BCUT2D eigenvalue weighted by atomic mass is 16.5. The third-order valence-electron chi connectivity index (χ3n) is 3.86. The van der Waals surface area contributed by atoms with Crippen LogP contribution in [0.5, 0.6) is 0 Å². The zero-order valence-electron chi connectivity index (χ0n) is 9.71. The van der Waals surface area contributed by atoms with Gasteiger partial charge in [0.05, 0.1) is 12.5 Å². The Labute approximate surface area is 101 Å². The van der Waals surface area contributed by atoms with E-state index in [-0.39, 0.29) is 11.9 Å². The largest absolute Gasteiger partial charge is 0.465 e. The average molecular weight is 228 g/mol. The van der Waals surface area contributed by atoms with Crippen LogP contribution in [0.25, 0.3) is 0 Å². The summed E-state index contributed by atoms with van der Waals surface area (Å²) in [6, 6.07) is 10.3. The monoisotopic (exact) mass is 228 g/mol. The first-order valence-electron chi connectivity index (χ1n) is 6.24. The van der Waals surface area contributed by atoms with Crippen molar-refractivity contribution in [2.45, 2.75) is 18.8 Å². The van der Waals surface area contributed by atoms with Gasteiger partial charge in [0, 0.05) is 5.92 Å². The van der Waals surface area contributed by atoms with Crippen LogP contribution in [0, 0.1) is 11.8 Å². The van der Waals surface area contributed by atoms with Crippen LogP contribution >= 0.6 is 0 Å². The van der Waals surface area contributed by atoms with Crippen LogP contribution in [0.4, 0.5) is 0 Å². The van der Waals surface area contributed by atoms with Crippen LogP contribution in [0.1, 0.15) is 24.3 Å². The van der Waals surface area contributed by atoms with Gasteiger partial charge in [0.25, 0.3) is 0 Å². The Morgan fingerprint density at radius 3 is 2.82 bits per heavy atom. The van der Waals surface area contributed by atoms with E-state index in [0.717, 1.165) is 12.8 Å². The van der Waals surface area contributed by atoms with Gasteiger partial charge in [-0.2, -0.15) is 0 Å². The molecular weight excluding hydrogens is 212 g/mol. The third-order valence-corrected chi connectivity index (χ3v) is 3.86. The van der Waals surface area contributed by atoms with Crippen molar-refractivity contribution < 1.29 is 9.53 Å². The van der Waals surface area contributed by atoms with Gasteiger partial charge in [-0.05, 0) is 24.3 Å². The fourth-order valence-electron chi connectivity index (χ4n) is 3.01. The van der Waals surface area contributed by atoms with Gasteiger partial charge in [0.15, 0.2) is 0 Å². The quantitative estimate of drug-likeness (QED) is 0.545. The van der Waals surface area contributed by atoms with Crippen LogP contribution in [0.3, 0.4) is 0 Å². The molecule has 0 aromatic heterocycles. The predicted molar refractivity (Wildman–Crippen MR) is 65.5 cm³/mol. The van der Waals surface area contributed by atoms with Gasteiger partial charge in [-0.15, -0.1) is 0 Å². The van der Waals surface area contributed by atoms with E-state index >= 15 is 0 Å². The van der Waals surface area contributed by atoms with Crippen molar-refractivity contribution in [2.75, 3.05) is 6.61 Å². The Kier molecular flexibility index (Phi) is 2.71. The number of carbonyl (C=O) groups excluding carboxylic acids is 1. The van der Waals surface area contributed by atoms with E-state index in [2.05, 4.69) is 24.3 Å². The lowest BCUT2D eigenvalue weighted by atomic mass is 9.71.